The zero-order chi connectivity index (χ0) is 23.4. The number of esters is 2. The number of carbonyl (C=O) groups excluding carboxylic acids is 3. The molecule has 0 spiro atoms. The lowest BCUT2D eigenvalue weighted by atomic mass is 9.69. The Bertz CT molecular complexity index is 959. The van der Waals surface area contributed by atoms with Crippen molar-refractivity contribution in [2.75, 3.05) is 19.8 Å². The highest BCUT2D eigenvalue weighted by Gasteiger charge is 2.47. The summed E-state index contributed by atoms with van der Waals surface area (Å²) in [7, 11) is 0. The molecule has 0 radical (unpaired) electrons. The normalized spacial score (nSPS) is 22.8. The van der Waals surface area contributed by atoms with Crippen molar-refractivity contribution in [2.45, 2.75) is 47.0 Å². The number of benzene rings is 1. The average Bonchev–Trinajstić information content (AvgIpc) is 2.74. The molecule has 1 aromatic rings. The molecule has 0 fully saturated rings. The van der Waals surface area contributed by atoms with Crippen molar-refractivity contribution in [2.24, 2.45) is 11.8 Å². The Balaban J connectivity index is 2.13. The van der Waals surface area contributed by atoms with Crippen LogP contribution in [0.25, 0.3) is 0 Å². The van der Waals surface area contributed by atoms with Gasteiger partial charge in [-0.2, -0.15) is 0 Å². The van der Waals surface area contributed by atoms with Crippen molar-refractivity contribution in [3.63, 3.8) is 0 Å². The summed E-state index contributed by atoms with van der Waals surface area (Å²) in [6, 6.07) is 7.33. The van der Waals surface area contributed by atoms with Crippen molar-refractivity contribution in [1.82, 2.24) is 5.32 Å². The zero-order valence-corrected chi connectivity index (χ0v) is 19.3. The van der Waals surface area contributed by atoms with E-state index in [1.807, 2.05) is 45.0 Å². The number of nitrogens with one attached hydrogen (secondary N) is 1. The van der Waals surface area contributed by atoms with E-state index in [4.69, 9.17) is 14.2 Å². The molecule has 1 aliphatic heterocycles. The smallest absolute Gasteiger partial charge is 0.336 e. The summed E-state index contributed by atoms with van der Waals surface area (Å²) in [4.78, 5) is 39.3. The summed E-state index contributed by atoms with van der Waals surface area (Å²) >= 11 is 0. The molecule has 7 nitrogen and oxygen atoms in total. The van der Waals surface area contributed by atoms with Gasteiger partial charge in [-0.25, -0.2) is 4.79 Å². The fraction of sp³-hybridized carbons (Fsp3) is 0.480. The number of ketones is 1. The molecule has 3 unspecified atom stereocenters. The number of dihydropyridines is 1. The van der Waals surface area contributed by atoms with E-state index in [1.165, 1.54) is 0 Å². The fourth-order valence-corrected chi connectivity index (χ4v) is 4.52. The zero-order valence-electron chi connectivity index (χ0n) is 19.3. The van der Waals surface area contributed by atoms with Crippen LogP contribution in [0.15, 0.2) is 46.8 Å². The van der Waals surface area contributed by atoms with Crippen LogP contribution < -0.4 is 10.1 Å². The van der Waals surface area contributed by atoms with Crippen LogP contribution in [0.3, 0.4) is 0 Å². The van der Waals surface area contributed by atoms with Crippen LogP contribution in [0.5, 0.6) is 5.75 Å². The van der Waals surface area contributed by atoms with Gasteiger partial charge in [0.1, 0.15) is 11.7 Å². The number of ether oxygens (including phenoxy) is 3. The number of hydrogen-bond donors (Lipinski definition) is 1. The second kappa shape index (κ2) is 10.0. The van der Waals surface area contributed by atoms with E-state index in [0.717, 1.165) is 11.3 Å². The Labute approximate surface area is 188 Å². The molecule has 1 aromatic carbocycles. The highest BCUT2D eigenvalue weighted by molar-refractivity contribution is 6.12. The van der Waals surface area contributed by atoms with Gasteiger partial charge in [0.05, 0.1) is 25.4 Å². The maximum Gasteiger partial charge on any atom is 0.336 e. The molecule has 0 bridgehead atoms. The number of hydrogen-bond acceptors (Lipinski definition) is 7. The first-order valence-electron chi connectivity index (χ1n) is 11.1. The largest absolute Gasteiger partial charge is 0.494 e. The summed E-state index contributed by atoms with van der Waals surface area (Å²) in [5, 5.41) is 3.25. The number of Topliss-reactive ketones (excluding diaryl/α,β-unsaturated/α-hetero) is 1. The van der Waals surface area contributed by atoms with Gasteiger partial charge in [0.2, 0.25) is 0 Å². The quantitative estimate of drug-likeness (QED) is 0.510. The lowest BCUT2D eigenvalue weighted by molar-refractivity contribution is -0.153. The monoisotopic (exact) mass is 441 g/mol. The molecule has 3 atom stereocenters. The molecular formula is C25H31NO6. The van der Waals surface area contributed by atoms with Gasteiger partial charge >= 0.3 is 11.9 Å². The molecule has 0 aromatic heterocycles. The summed E-state index contributed by atoms with van der Waals surface area (Å²) < 4.78 is 16.1. The van der Waals surface area contributed by atoms with E-state index < -0.39 is 23.8 Å². The van der Waals surface area contributed by atoms with E-state index in [0.29, 0.717) is 35.6 Å². The maximum absolute atomic E-state index is 13.7. The van der Waals surface area contributed by atoms with Crippen LogP contribution in [-0.4, -0.2) is 37.5 Å². The minimum Gasteiger partial charge on any atom is -0.494 e. The molecule has 32 heavy (non-hydrogen) atoms. The predicted octanol–water partition coefficient (Wildman–Crippen LogP) is 3.65. The van der Waals surface area contributed by atoms with Gasteiger partial charge in [0.15, 0.2) is 5.78 Å². The molecule has 172 valence electrons. The maximum atomic E-state index is 13.7. The van der Waals surface area contributed by atoms with E-state index in [2.05, 4.69) is 5.32 Å². The van der Waals surface area contributed by atoms with Crippen molar-refractivity contribution in [3.8, 4) is 5.75 Å². The topological polar surface area (TPSA) is 90.9 Å². The minimum absolute atomic E-state index is 0.203. The van der Waals surface area contributed by atoms with Gasteiger partial charge in [-0.05, 0) is 57.7 Å². The van der Waals surface area contributed by atoms with Crippen LogP contribution in [0.1, 0.15) is 52.5 Å². The summed E-state index contributed by atoms with van der Waals surface area (Å²) in [6.07, 6.45) is 0.505. The first kappa shape index (κ1) is 23.6. The second-order valence-electron chi connectivity index (χ2n) is 7.99. The molecular weight excluding hydrogens is 410 g/mol. The molecule has 7 heteroatoms. The van der Waals surface area contributed by atoms with Crippen molar-refractivity contribution < 1.29 is 28.6 Å². The first-order chi connectivity index (χ1) is 15.3. The van der Waals surface area contributed by atoms with Crippen LogP contribution >= 0.6 is 0 Å². The van der Waals surface area contributed by atoms with Gasteiger partial charge in [-0.3, -0.25) is 9.59 Å². The standard InChI is InChI=1S/C25H31NO6/c1-6-30-17-11-9-16(10-12-17)21-20(25(29)32-8-3)15(5)26-18-13-14(4)19(23(27)22(18)21)24(28)31-7-2/h9-12,14,19,21,26H,6-8,13H2,1-5H3. The predicted molar refractivity (Wildman–Crippen MR) is 119 cm³/mol. The Kier molecular flexibility index (Phi) is 7.38. The van der Waals surface area contributed by atoms with Crippen LogP contribution in [0.2, 0.25) is 0 Å². The molecule has 0 saturated carbocycles. The molecule has 1 N–H and O–H groups in total. The Hall–Kier alpha value is -3.09. The lowest BCUT2D eigenvalue weighted by Crippen LogP contribution is -2.43. The van der Waals surface area contributed by atoms with Gasteiger partial charge in [0, 0.05) is 22.9 Å². The number of allylic oxidation sites excluding steroid dienone is 3. The molecule has 0 amide bonds. The molecule has 1 aliphatic carbocycles. The SMILES string of the molecule is CCOC(=O)C1=C(C)NC2=C(C(=O)C(C(=O)OCC)C(C)C2)C1c1ccc(OCC)cc1. The first-order valence-corrected chi connectivity index (χ1v) is 11.1. The van der Waals surface area contributed by atoms with Gasteiger partial charge in [0.25, 0.3) is 0 Å². The third kappa shape index (κ3) is 4.42. The second-order valence-corrected chi connectivity index (χ2v) is 7.99. The third-order valence-electron chi connectivity index (χ3n) is 5.85. The van der Waals surface area contributed by atoms with Crippen LogP contribution in [0, 0.1) is 11.8 Å². The van der Waals surface area contributed by atoms with E-state index >= 15 is 0 Å². The van der Waals surface area contributed by atoms with Crippen molar-refractivity contribution in [3.05, 3.63) is 52.4 Å². The van der Waals surface area contributed by atoms with Gasteiger partial charge in [-0.15, -0.1) is 0 Å². The van der Waals surface area contributed by atoms with Gasteiger partial charge < -0.3 is 19.5 Å². The lowest BCUT2D eigenvalue weighted by Gasteiger charge is -2.38. The van der Waals surface area contributed by atoms with Gasteiger partial charge in [-0.1, -0.05) is 19.1 Å². The van der Waals surface area contributed by atoms with E-state index in [9.17, 15) is 14.4 Å². The van der Waals surface area contributed by atoms with Crippen LogP contribution in [-0.2, 0) is 23.9 Å². The number of carbonyl (C=O) groups is 3. The summed E-state index contributed by atoms with van der Waals surface area (Å²) in [5.74, 6) is -2.37. The van der Waals surface area contributed by atoms with Crippen molar-refractivity contribution in [1.29, 1.82) is 0 Å². The number of rotatable bonds is 7. The summed E-state index contributed by atoms with van der Waals surface area (Å²) in [6.45, 7) is 10.00. The highest BCUT2D eigenvalue weighted by atomic mass is 16.5. The highest BCUT2D eigenvalue weighted by Crippen LogP contribution is 2.45. The van der Waals surface area contributed by atoms with E-state index in [1.54, 1.807) is 13.8 Å². The average molecular weight is 442 g/mol. The summed E-state index contributed by atoms with van der Waals surface area (Å²) in [5.41, 5.74) is 2.96. The third-order valence-corrected chi connectivity index (χ3v) is 5.85. The fourth-order valence-electron chi connectivity index (χ4n) is 4.52. The Morgan fingerprint density at radius 2 is 1.69 bits per heavy atom. The molecule has 3 rings (SSSR count). The Morgan fingerprint density at radius 3 is 2.28 bits per heavy atom. The molecule has 1 heterocycles. The molecule has 2 aliphatic rings. The minimum atomic E-state index is -0.900. The van der Waals surface area contributed by atoms with E-state index in [-0.39, 0.29) is 24.9 Å². The van der Waals surface area contributed by atoms with Crippen molar-refractivity contribution >= 4 is 17.7 Å². The molecule has 0 saturated heterocycles. The Morgan fingerprint density at radius 1 is 1.03 bits per heavy atom. The van der Waals surface area contributed by atoms with Crippen LogP contribution in [0.4, 0.5) is 0 Å².